The number of carbonyl (C=O) groups excluding carboxylic acids is 2. The number of hydrogen-bond acceptors (Lipinski definition) is 18. The molecule has 3 rings (SSSR count). The zero-order valence-electron chi connectivity index (χ0n) is 38.9. The molecular weight excluding hydrogens is 898 g/mol. The highest BCUT2D eigenvalue weighted by molar-refractivity contribution is 5.85. The Kier molecular flexibility index (Phi) is 26.7. The number of ether oxygens (including phenoxy) is 5. The van der Waals surface area contributed by atoms with Gasteiger partial charge in [0.25, 0.3) is 0 Å². The number of fused-ring (bicyclic) bond motifs is 2. The largest absolute Gasteiger partial charge is 0.469 e. The Morgan fingerprint density at radius 3 is 1.82 bits per heavy atom. The molecule has 3 heterocycles. The Morgan fingerprint density at radius 1 is 0.672 bits per heavy atom. The Hall–Kier alpha value is -3.15. The zero-order chi connectivity index (χ0) is 49.1. The second kappa shape index (κ2) is 29.8. The minimum atomic E-state index is -2.27. The molecular formula is C48H76ClNO17. The highest BCUT2D eigenvalue weighted by atomic mass is 35.5. The van der Waals surface area contributed by atoms with E-state index in [4.69, 9.17) is 29.4 Å². The van der Waals surface area contributed by atoms with Crippen LogP contribution in [0.5, 0.6) is 0 Å². The smallest absolute Gasteiger partial charge is 0.313 e. The van der Waals surface area contributed by atoms with Crippen molar-refractivity contribution < 1.29 is 84.3 Å². The topological polar surface area (TPSA) is 309 Å². The van der Waals surface area contributed by atoms with Crippen molar-refractivity contribution in [3.8, 4) is 0 Å². The number of rotatable bonds is 3. The molecule has 2 saturated heterocycles. The van der Waals surface area contributed by atoms with Crippen molar-refractivity contribution in [2.75, 3.05) is 7.11 Å². The summed E-state index contributed by atoms with van der Waals surface area (Å²) in [6, 6.07) is -1.13. The van der Waals surface area contributed by atoms with Gasteiger partial charge in [-0.25, -0.2) is 0 Å². The standard InChI is InChI=1S/C48H75NO17.ClH/c1-28-18-16-14-12-10-8-6-7-9-11-13-15-17-19-35(65-47-45(59)42(49)44(58)31(4)64-47)25-39-41(46(60)62-5)38(55)27-48(61,66-39)26-34(52)23-37(54)36(53)21-20-32(50)22-33(51)24-40(56)63-30(3)29(2)43(28)57;/h6-19,28-39,41-45,47,50-55,57-59,61H,20-27,49H2,1-5H3;1H/t28-,29-,30-,31+,32+,33+,34-,35-,36+,37+,38-,39-,41+,42-,43+,44+,45-,47-,48+;/m0./s1. The van der Waals surface area contributed by atoms with Crippen LogP contribution in [0.2, 0.25) is 0 Å². The lowest BCUT2D eigenvalue weighted by molar-refractivity contribution is -0.308. The van der Waals surface area contributed by atoms with Gasteiger partial charge in [0.1, 0.15) is 18.1 Å². The van der Waals surface area contributed by atoms with Gasteiger partial charge in [-0.2, -0.15) is 0 Å². The minimum absolute atomic E-state index is 0. The van der Waals surface area contributed by atoms with Crippen LogP contribution in [-0.4, -0.2) is 168 Å². The van der Waals surface area contributed by atoms with E-state index in [-0.39, 0.29) is 44.0 Å². The van der Waals surface area contributed by atoms with Gasteiger partial charge in [-0.05, 0) is 33.1 Å². The van der Waals surface area contributed by atoms with Crippen molar-refractivity contribution >= 4 is 24.3 Å². The molecule has 382 valence electrons. The van der Waals surface area contributed by atoms with Crippen LogP contribution in [-0.2, 0) is 33.3 Å². The molecule has 0 aromatic heterocycles. The molecule has 19 heteroatoms. The van der Waals surface area contributed by atoms with Crippen LogP contribution >= 0.6 is 12.4 Å². The quantitative estimate of drug-likeness (QED) is 0.177. The summed E-state index contributed by atoms with van der Waals surface area (Å²) in [4.78, 5) is 25.7. The molecule has 0 aromatic rings. The number of halogens is 1. The van der Waals surface area contributed by atoms with E-state index in [0.717, 1.165) is 7.11 Å². The first-order chi connectivity index (χ1) is 31.2. The molecule has 2 fully saturated rings. The molecule has 19 atom stereocenters. The summed E-state index contributed by atoms with van der Waals surface area (Å²) < 4.78 is 28.4. The van der Waals surface area contributed by atoms with Gasteiger partial charge in [-0.15, -0.1) is 12.4 Å². The maximum Gasteiger partial charge on any atom is 0.313 e. The van der Waals surface area contributed by atoms with E-state index in [9.17, 15) is 60.7 Å². The minimum Gasteiger partial charge on any atom is -0.469 e. The average molecular weight is 975 g/mol. The van der Waals surface area contributed by atoms with Crippen molar-refractivity contribution in [1.82, 2.24) is 0 Å². The second-order valence-corrected chi connectivity index (χ2v) is 17.8. The Bertz CT molecular complexity index is 1690. The number of aliphatic hydroxyl groups excluding tert-OH is 9. The zero-order valence-corrected chi connectivity index (χ0v) is 39.8. The maximum absolute atomic E-state index is 13.1. The molecule has 12 N–H and O–H groups in total. The molecule has 0 aromatic carbocycles. The SMILES string of the molecule is COC(=O)[C@H]1[C@@H]2C[C@@H](O[C@@H]3O[C@H](C)[C@@H](O)[C@H](N)[C@@H]3O)C=CC=CC=CC=CC=CC=CC=C[C@H](C)[C@@H](O)[C@@H](C)[C@H](C)OC(=O)C[C@H](O)C[C@H](O)CC[C@@H](O)[C@H](O)C[C@H](O)C[C@](O)(C[C@@H]1O)O2.Cl. The fraction of sp³-hybridized carbons (Fsp3) is 0.667. The van der Waals surface area contributed by atoms with Crippen LogP contribution in [0.1, 0.15) is 79.1 Å². The summed E-state index contributed by atoms with van der Waals surface area (Å²) in [5, 5.41) is 109. The fourth-order valence-corrected chi connectivity index (χ4v) is 8.09. The number of nitrogens with two attached hydrogens (primary N) is 1. The summed E-state index contributed by atoms with van der Waals surface area (Å²) >= 11 is 0. The second-order valence-electron chi connectivity index (χ2n) is 17.8. The van der Waals surface area contributed by atoms with Crippen LogP contribution < -0.4 is 5.73 Å². The van der Waals surface area contributed by atoms with E-state index in [2.05, 4.69) is 0 Å². The van der Waals surface area contributed by atoms with Gasteiger partial charge in [0.2, 0.25) is 0 Å². The van der Waals surface area contributed by atoms with Crippen LogP contribution in [0.25, 0.3) is 0 Å². The molecule has 0 saturated carbocycles. The maximum atomic E-state index is 13.1. The molecule has 3 aliphatic rings. The third-order valence-corrected chi connectivity index (χ3v) is 12.2. The van der Waals surface area contributed by atoms with Gasteiger partial charge < -0.3 is 80.5 Å². The summed E-state index contributed by atoms with van der Waals surface area (Å²) in [6.07, 6.45) is 4.50. The first-order valence-corrected chi connectivity index (χ1v) is 22.7. The molecule has 0 aliphatic carbocycles. The number of allylic oxidation sites excluding steroid dienone is 12. The molecule has 0 radical (unpaired) electrons. The summed E-state index contributed by atoms with van der Waals surface area (Å²) in [5.41, 5.74) is 6.05. The van der Waals surface area contributed by atoms with E-state index >= 15 is 0 Å². The lowest BCUT2D eigenvalue weighted by Gasteiger charge is -2.45. The predicted molar refractivity (Wildman–Crippen MR) is 249 cm³/mol. The number of hydrogen-bond donors (Lipinski definition) is 11. The highest BCUT2D eigenvalue weighted by Gasteiger charge is 2.51. The van der Waals surface area contributed by atoms with Crippen LogP contribution in [0.15, 0.2) is 85.1 Å². The van der Waals surface area contributed by atoms with Crippen molar-refractivity contribution in [1.29, 1.82) is 0 Å². The fourth-order valence-electron chi connectivity index (χ4n) is 8.09. The van der Waals surface area contributed by atoms with Crippen molar-refractivity contribution in [2.24, 2.45) is 23.5 Å². The van der Waals surface area contributed by atoms with Gasteiger partial charge in [0.15, 0.2) is 12.1 Å². The number of esters is 2. The van der Waals surface area contributed by atoms with E-state index in [1.54, 1.807) is 75.5 Å². The monoisotopic (exact) mass is 973 g/mol. The first kappa shape index (κ1) is 60.0. The molecule has 2 bridgehead atoms. The number of cyclic esters (lactones) is 1. The molecule has 0 amide bonds. The van der Waals surface area contributed by atoms with Crippen LogP contribution in [0.4, 0.5) is 0 Å². The predicted octanol–water partition coefficient (Wildman–Crippen LogP) is 1.22. The van der Waals surface area contributed by atoms with E-state index in [1.807, 2.05) is 37.3 Å². The third-order valence-electron chi connectivity index (χ3n) is 12.2. The summed E-state index contributed by atoms with van der Waals surface area (Å²) in [6.45, 7) is 6.78. The van der Waals surface area contributed by atoms with Gasteiger partial charge >= 0.3 is 11.9 Å². The van der Waals surface area contributed by atoms with Gasteiger partial charge in [-0.3, -0.25) is 9.59 Å². The van der Waals surface area contributed by atoms with Crippen LogP contribution in [0, 0.1) is 17.8 Å². The van der Waals surface area contributed by atoms with Gasteiger partial charge in [-0.1, -0.05) is 98.9 Å². The molecule has 67 heavy (non-hydrogen) atoms. The number of aliphatic hydroxyl groups is 10. The van der Waals surface area contributed by atoms with E-state index in [0.29, 0.717) is 0 Å². The number of carbonyl (C=O) groups is 2. The molecule has 3 aliphatic heterocycles. The Balaban J connectivity index is 0.0000154. The Morgan fingerprint density at radius 2 is 1.24 bits per heavy atom. The number of methoxy groups -OCH3 is 1. The van der Waals surface area contributed by atoms with Crippen molar-refractivity contribution in [3.63, 3.8) is 0 Å². The van der Waals surface area contributed by atoms with E-state index in [1.165, 1.54) is 0 Å². The lowest BCUT2D eigenvalue weighted by atomic mass is 9.82. The van der Waals surface area contributed by atoms with Gasteiger partial charge in [0, 0.05) is 37.5 Å². The molecule has 0 unspecified atom stereocenters. The van der Waals surface area contributed by atoms with Crippen molar-refractivity contribution in [2.45, 2.75) is 177 Å². The lowest BCUT2D eigenvalue weighted by Crippen LogP contribution is -2.61. The normalized spacial score (nSPS) is 40.9. The average Bonchev–Trinajstić information content (AvgIpc) is 3.24. The molecule has 18 nitrogen and oxygen atoms in total. The van der Waals surface area contributed by atoms with Gasteiger partial charge in [0.05, 0.1) is 86.7 Å². The van der Waals surface area contributed by atoms with Crippen molar-refractivity contribution in [3.05, 3.63) is 85.1 Å². The summed E-state index contributed by atoms with van der Waals surface area (Å²) in [7, 11) is 1.12. The summed E-state index contributed by atoms with van der Waals surface area (Å²) in [5.74, 6) is -5.93. The molecule has 0 spiro atoms. The Labute approximate surface area is 399 Å². The van der Waals surface area contributed by atoms with E-state index < -0.39 is 147 Å². The third kappa shape index (κ3) is 20.0. The highest BCUT2D eigenvalue weighted by Crippen LogP contribution is 2.38. The van der Waals surface area contributed by atoms with Crippen LogP contribution in [0.3, 0.4) is 0 Å². The first-order valence-electron chi connectivity index (χ1n) is 22.7.